The zero-order chi connectivity index (χ0) is 23.7. The van der Waals surface area contributed by atoms with Crippen molar-refractivity contribution in [1.82, 2.24) is 9.97 Å². The Balaban J connectivity index is 1.97. The SMILES string of the molecule is CCOC(=O)C(CCCOc1ccc(-c2nc(C(F)(F)F)cc(=O)[nH]2)cc1)C(=O)OCC. The van der Waals surface area contributed by atoms with E-state index in [1.807, 2.05) is 0 Å². The van der Waals surface area contributed by atoms with Gasteiger partial charge in [-0.1, -0.05) is 0 Å². The molecule has 174 valence electrons. The summed E-state index contributed by atoms with van der Waals surface area (Å²) in [6.07, 6.45) is -4.21. The highest BCUT2D eigenvalue weighted by Crippen LogP contribution is 2.28. The molecule has 0 amide bonds. The summed E-state index contributed by atoms with van der Waals surface area (Å²) in [6.45, 7) is 3.73. The number of carbonyl (C=O) groups is 2. The van der Waals surface area contributed by atoms with E-state index in [0.717, 1.165) is 0 Å². The quantitative estimate of drug-likeness (QED) is 0.332. The van der Waals surface area contributed by atoms with Crippen LogP contribution in [0.1, 0.15) is 32.4 Å². The lowest BCUT2D eigenvalue weighted by Gasteiger charge is -2.14. The molecule has 0 saturated carbocycles. The molecule has 0 fully saturated rings. The monoisotopic (exact) mass is 456 g/mol. The molecule has 2 rings (SSSR count). The molecular weight excluding hydrogens is 433 g/mol. The number of rotatable bonds is 10. The molecule has 32 heavy (non-hydrogen) atoms. The van der Waals surface area contributed by atoms with Crippen LogP contribution in [0.2, 0.25) is 0 Å². The van der Waals surface area contributed by atoms with E-state index in [1.165, 1.54) is 24.3 Å². The first-order chi connectivity index (χ1) is 15.2. The predicted molar refractivity (Wildman–Crippen MR) is 107 cm³/mol. The lowest BCUT2D eigenvalue weighted by molar-refractivity contribution is -0.162. The summed E-state index contributed by atoms with van der Waals surface area (Å²) in [5, 5.41) is 0. The summed E-state index contributed by atoms with van der Waals surface area (Å²) in [5.74, 6) is -2.16. The Morgan fingerprint density at radius 1 is 1.06 bits per heavy atom. The number of hydrogen-bond donors (Lipinski definition) is 1. The molecule has 0 aliphatic rings. The van der Waals surface area contributed by atoms with E-state index in [2.05, 4.69) is 9.97 Å². The molecule has 11 heteroatoms. The van der Waals surface area contributed by atoms with Gasteiger partial charge in [-0.2, -0.15) is 13.2 Å². The highest BCUT2D eigenvalue weighted by Gasteiger charge is 2.33. The summed E-state index contributed by atoms with van der Waals surface area (Å²) in [6, 6.07) is 6.30. The zero-order valence-corrected chi connectivity index (χ0v) is 17.5. The molecule has 1 heterocycles. The van der Waals surface area contributed by atoms with Gasteiger partial charge in [-0.25, -0.2) is 4.98 Å². The van der Waals surface area contributed by atoms with Gasteiger partial charge in [0, 0.05) is 11.6 Å². The topological polar surface area (TPSA) is 108 Å². The molecule has 8 nitrogen and oxygen atoms in total. The molecule has 2 aromatic rings. The highest BCUT2D eigenvalue weighted by atomic mass is 19.4. The molecule has 0 spiro atoms. The summed E-state index contributed by atoms with van der Waals surface area (Å²) >= 11 is 0. The fraction of sp³-hybridized carbons (Fsp3) is 0.429. The second kappa shape index (κ2) is 11.3. The van der Waals surface area contributed by atoms with Crippen LogP contribution in [0.4, 0.5) is 13.2 Å². The van der Waals surface area contributed by atoms with Crippen LogP contribution in [0.5, 0.6) is 5.75 Å². The lowest BCUT2D eigenvalue weighted by atomic mass is 10.0. The van der Waals surface area contributed by atoms with Crippen molar-refractivity contribution in [3.05, 3.63) is 46.4 Å². The van der Waals surface area contributed by atoms with Crippen molar-refractivity contribution in [3.63, 3.8) is 0 Å². The Kier molecular flexibility index (Phi) is 8.80. The molecule has 0 saturated heterocycles. The molecule has 1 aromatic carbocycles. The second-order valence-corrected chi connectivity index (χ2v) is 6.55. The smallest absolute Gasteiger partial charge is 0.433 e. The number of carbonyl (C=O) groups excluding carboxylic acids is 2. The first-order valence-electron chi connectivity index (χ1n) is 9.90. The van der Waals surface area contributed by atoms with Crippen LogP contribution in [0, 0.1) is 5.92 Å². The highest BCUT2D eigenvalue weighted by molar-refractivity contribution is 5.94. The first-order valence-corrected chi connectivity index (χ1v) is 9.90. The number of nitrogens with one attached hydrogen (secondary N) is 1. The molecule has 0 radical (unpaired) electrons. The van der Waals surface area contributed by atoms with Gasteiger partial charge < -0.3 is 19.2 Å². The van der Waals surface area contributed by atoms with Crippen LogP contribution in [-0.4, -0.2) is 41.7 Å². The summed E-state index contributed by atoms with van der Waals surface area (Å²) in [7, 11) is 0. The number of halogens is 3. The Morgan fingerprint density at radius 2 is 1.66 bits per heavy atom. The number of esters is 2. The van der Waals surface area contributed by atoms with Crippen LogP contribution in [0.3, 0.4) is 0 Å². The van der Waals surface area contributed by atoms with E-state index in [-0.39, 0.29) is 37.6 Å². The van der Waals surface area contributed by atoms with Crippen LogP contribution in [0.15, 0.2) is 35.1 Å². The van der Waals surface area contributed by atoms with E-state index < -0.39 is 35.3 Å². The van der Waals surface area contributed by atoms with Gasteiger partial charge in [0.2, 0.25) is 0 Å². The average Bonchev–Trinajstić information content (AvgIpc) is 2.73. The van der Waals surface area contributed by atoms with Gasteiger partial charge in [-0.3, -0.25) is 14.4 Å². The Hall–Kier alpha value is -3.37. The maximum atomic E-state index is 12.9. The minimum Gasteiger partial charge on any atom is -0.494 e. The van der Waals surface area contributed by atoms with Crippen molar-refractivity contribution in [2.45, 2.75) is 32.9 Å². The van der Waals surface area contributed by atoms with Crippen molar-refractivity contribution < 1.29 is 37.0 Å². The number of hydrogen-bond acceptors (Lipinski definition) is 7. The molecular formula is C21H23F3N2O6. The van der Waals surface area contributed by atoms with Gasteiger partial charge >= 0.3 is 18.1 Å². The number of benzene rings is 1. The third-order valence-corrected chi connectivity index (χ3v) is 4.21. The molecule has 0 bridgehead atoms. The minimum atomic E-state index is -4.74. The van der Waals surface area contributed by atoms with Crippen LogP contribution in [-0.2, 0) is 25.2 Å². The zero-order valence-electron chi connectivity index (χ0n) is 17.5. The van der Waals surface area contributed by atoms with Crippen LogP contribution >= 0.6 is 0 Å². The van der Waals surface area contributed by atoms with Gasteiger partial charge in [0.1, 0.15) is 11.6 Å². The fourth-order valence-electron chi connectivity index (χ4n) is 2.74. The molecule has 0 unspecified atom stereocenters. The normalized spacial score (nSPS) is 11.3. The van der Waals surface area contributed by atoms with Crippen molar-refractivity contribution >= 4 is 11.9 Å². The van der Waals surface area contributed by atoms with E-state index in [9.17, 15) is 27.6 Å². The number of aromatic amines is 1. The maximum Gasteiger partial charge on any atom is 0.433 e. The van der Waals surface area contributed by atoms with Gasteiger partial charge in [-0.05, 0) is 51.0 Å². The number of alkyl halides is 3. The van der Waals surface area contributed by atoms with Gasteiger partial charge in [0.05, 0.1) is 19.8 Å². The molecule has 1 aromatic heterocycles. The Labute approximate surface area is 181 Å². The average molecular weight is 456 g/mol. The van der Waals surface area contributed by atoms with Crippen molar-refractivity contribution in [3.8, 4) is 17.1 Å². The van der Waals surface area contributed by atoms with E-state index in [4.69, 9.17) is 14.2 Å². The van der Waals surface area contributed by atoms with Crippen LogP contribution in [0.25, 0.3) is 11.4 Å². The first kappa shape index (κ1) is 24.9. The van der Waals surface area contributed by atoms with Crippen molar-refractivity contribution in [1.29, 1.82) is 0 Å². The Morgan fingerprint density at radius 3 is 2.19 bits per heavy atom. The standard InChI is InChI=1S/C21H23F3N2O6/c1-3-30-19(28)15(20(29)31-4-2)6-5-11-32-14-9-7-13(8-10-14)18-25-16(21(22,23)24)12-17(27)26-18/h7-10,12,15H,3-6,11H2,1-2H3,(H,25,26,27). The summed E-state index contributed by atoms with van der Waals surface area (Å²) in [4.78, 5) is 41.1. The number of H-pyrrole nitrogens is 1. The molecule has 0 aliphatic carbocycles. The molecule has 1 N–H and O–H groups in total. The predicted octanol–water partition coefficient (Wildman–Crippen LogP) is 3.36. The van der Waals surface area contributed by atoms with Crippen molar-refractivity contribution in [2.24, 2.45) is 5.92 Å². The minimum absolute atomic E-state index is 0.142. The third-order valence-electron chi connectivity index (χ3n) is 4.21. The number of nitrogens with zero attached hydrogens (tertiary/aromatic N) is 1. The second-order valence-electron chi connectivity index (χ2n) is 6.55. The summed E-state index contributed by atoms with van der Waals surface area (Å²) in [5.41, 5.74) is -1.93. The van der Waals surface area contributed by atoms with E-state index in [0.29, 0.717) is 18.2 Å². The fourth-order valence-corrected chi connectivity index (χ4v) is 2.74. The third kappa shape index (κ3) is 7.10. The van der Waals surface area contributed by atoms with Crippen molar-refractivity contribution in [2.75, 3.05) is 19.8 Å². The number of aromatic nitrogens is 2. The Bertz CT molecular complexity index is 955. The van der Waals surface area contributed by atoms with Gasteiger partial charge in [0.15, 0.2) is 11.6 Å². The van der Waals surface area contributed by atoms with E-state index in [1.54, 1.807) is 13.8 Å². The van der Waals surface area contributed by atoms with Crippen LogP contribution < -0.4 is 10.3 Å². The summed E-state index contributed by atoms with van der Waals surface area (Å²) < 4.78 is 53.9. The lowest BCUT2D eigenvalue weighted by Crippen LogP contribution is -2.28. The van der Waals surface area contributed by atoms with E-state index >= 15 is 0 Å². The van der Waals surface area contributed by atoms with Gasteiger partial charge in [-0.15, -0.1) is 0 Å². The maximum absolute atomic E-state index is 12.9. The molecule has 0 atom stereocenters. The molecule has 0 aliphatic heterocycles. The largest absolute Gasteiger partial charge is 0.494 e. The van der Waals surface area contributed by atoms with Gasteiger partial charge in [0.25, 0.3) is 5.56 Å². The number of ether oxygens (including phenoxy) is 3.